The summed E-state index contributed by atoms with van der Waals surface area (Å²) in [7, 11) is 0. The lowest BCUT2D eigenvalue weighted by Crippen LogP contribution is -2.28. The van der Waals surface area contributed by atoms with Gasteiger partial charge >= 0.3 is 0 Å². The van der Waals surface area contributed by atoms with Gasteiger partial charge in [-0.1, -0.05) is 24.3 Å². The first-order valence-electron chi connectivity index (χ1n) is 7.04. The number of hydrogen-bond donors (Lipinski definition) is 0. The first kappa shape index (κ1) is 12.3. The van der Waals surface area contributed by atoms with Gasteiger partial charge in [0, 0.05) is 12.1 Å². The minimum absolute atomic E-state index is 0.0270. The topological polar surface area (TPSA) is 65.3 Å². The van der Waals surface area contributed by atoms with E-state index in [1.807, 2.05) is 0 Å². The highest BCUT2D eigenvalue weighted by molar-refractivity contribution is 5.39. The Morgan fingerprint density at radius 1 is 1.38 bits per heavy atom. The first-order chi connectivity index (χ1) is 10.2. The largest absolute Gasteiger partial charge is 0.443 e. The SMILES string of the molecule is O=[N+]([O-])c1ccc(OC2=CC3CC4C=CC=CC24C3)nc1. The number of rotatable bonds is 3. The lowest BCUT2D eigenvalue weighted by Gasteiger charge is -2.33. The molecule has 0 radical (unpaired) electrons. The van der Waals surface area contributed by atoms with E-state index < -0.39 is 4.92 Å². The monoisotopic (exact) mass is 282 g/mol. The van der Waals surface area contributed by atoms with Crippen LogP contribution < -0.4 is 4.74 Å². The zero-order chi connectivity index (χ0) is 14.4. The van der Waals surface area contributed by atoms with E-state index in [1.165, 1.54) is 18.7 Å². The predicted molar refractivity (Wildman–Crippen MR) is 76.5 cm³/mol. The van der Waals surface area contributed by atoms with Crippen molar-refractivity contribution in [1.29, 1.82) is 0 Å². The van der Waals surface area contributed by atoms with Crippen molar-refractivity contribution >= 4 is 5.69 Å². The van der Waals surface area contributed by atoms with Gasteiger partial charge in [-0.05, 0) is 30.8 Å². The van der Waals surface area contributed by atoms with Crippen LogP contribution >= 0.6 is 0 Å². The quantitative estimate of drug-likeness (QED) is 0.629. The van der Waals surface area contributed by atoms with Crippen molar-refractivity contribution in [2.24, 2.45) is 17.3 Å². The first-order valence-corrected chi connectivity index (χ1v) is 7.04. The molecule has 1 aromatic heterocycles. The molecular formula is C16H14N2O3. The Morgan fingerprint density at radius 3 is 3.05 bits per heavy atom. The Morgan fingerprint density at radius 2 is 2.29 bits per heavy atom. The van der Waals surface area contributed by atoms with Crippen molar-refractivity contribution in [2.45, 2.75) is 12.8 Å². The molecule has 2 bridgehead atoms. The Labute approximate surface area is 121 Å². The summed E-state index contributed by atoms with van der Waals surface area (Å²) in [5.41, 5.74) is -0.0658. The van der Waals surface area contributed by atoms with Gasteiger partial charge in [-0.2, -0.15) is 0 Å². The molecule has 0 N–H and O–H groups in total. The molecule has 3 aliphatic rings. The molecule has 0 amide bonds. The van der Waals surface area contributed by atoms with Crippen molar-refractivity contribution in [3.63, 3.8) is 0 Å². The minimum atomic E-state index is -0.461. The number of aromatic nitrogens is 1. The van der Waals surface area contributed by atoms with E-state index >= 15 is 0 Å². The van der Waals surface area contributed by atoms with Crippen LogP contribution in [0.1, 0.15) is 12.8 Å². The van der Waals surface area contributed by atoms with Crippen LogP contribution in [0.5, 0.6) is 5.88 Å². The fourth-order valence-electron chi connectivity index (χ4n) is 3.72. The molecule has 1 fully saturated rings. The highest BCUT2D eigenvalue weighted by Gasteiger charge is 2.53. The van der Waals surface area contributed by atoms with Gasteiger partial charge in [-0.15, -0.1) is 0 Å². The van der Waals surface area contributed by atoms with Gasteiger partial charge in [0.15, 0.2) is 0 Å². The van der Waals surface area contributed by atoms with Crippen LogP contribution in [0.2, 0.25) is 0 Å². The van der Waals surface area contributed by atoms with Crippen LogP contribution in [0, 0.1) is 27.4 Å². The highest BCUT2D eigenvalue weighted by atomic mass is 16.6. The van der Waals surface area contributed by atoms with Gasteiger partial charge < -0.3 is 4.74 Å². The van der Waals surface area contributed by atoms with Crippen molar-refractivity contribution in [3.05, 3.63) is 64.6 Å². The number of nitro groups is 1. The maximum atomic E-state index is 10.6. The van der Waals surface area contributed by atoms with E-state index in [-0.39, 0.29) is 11.1 Å². The molecule has 4 rings (SSSR count). The van der Waals surface area contributed by atoms with Crippen LogP contribution in [0.25, 0.3) is 0 Å². The summed E-state index contributed by atoms with van der Waals surface area (Å²) in [5.74, 6) is 2.39. The molecule has 0 aromatic carbocycles. The number of allylic oxidation sites excluding steroid dienone is 5. The van der Waals surface area contributed by atoms with Crippen molar-refractivity contribution in [3.8, 4) is 5.88 Å². The van der Waals surface area contributed by atoms with E-state index in [2.05, 4.69) is 35.4 Å². The number of nitrogens with zero attached hydrogens (tertiary/aromatic N) is 2. The van der Waals surface area contributed by atoms with Crippen LogP contribution in [0.3, 0.4) is 0 Å². The van der Waals surface area contributed by atoms with Gasteiger partial charge in [0.2, 0.25) is 5.88 Å². The molecule has 1 spiro atoms. The summed E-state index contributed by atoms with van der Waals surface area (Å²) in [6.45, 7) is 0. The average molecular weight is 282 g/mol. The van der Waals surface area contributed by atoms with E-state index in [9.17, 15) is 10.1 Å². The molecule has 1 aromatic rings. The second-order valence-electron chi connectivity index (χ2n) is 5.84. The highest BCUT2D eigenvalue weighted by Crippen LogP contribution is 2.59. The Balaban J connectivity index is 1.60. The van der Waals surface area contributed by atoms with E-state index in [0.717, 1.165) is 12.2 Å². The maximum Gasteiger partial charge on any atom is 0.287 e. The Bertz CT molecular complexity index is 690. The summed E-state index contributed by atoms with van der Waals surface area (Å²) >= 11 is 0. The third-order valence-corrected chi connectivity index (χ3v) is 4.66. The zero-order valence-corrected chi connectivity index (χ0v) is 11.3. The number of hydrogen-bond acceptors (Lipinski definition) is 4. The van der Waals surface area contributed by atoms with E-state index in [0.29, 0.717) is 17.7 Å². The zero-order valence-electron chi connectivity index (χ0n) is 11.3. The second kappa shape index (κ2) is 4.28. The molecule has 3 aliphatic carbocycles. The van der Waals surface area contributed by atoms with Crippen molar-refractivity contribution in [2.75, 3.05) is 0 Å². The third kappa shape index (κ3) is 1.81. The molecule has 0 saturated heterocycles. The van der Waals surface area contributed by atoms with Crippen LogP contribution in [-0.4, -0.2) is 9.91 Å². The van der Waals surface area contributed by atoms with Crippen LogP contribution in [0.15, 0.2) is 54.5 Å². The average Bonchev–Trinajstić information content (AvgIpc) is 3.01. The molecule has 106 valence electrons. The normalized spacial score (nSPS) is 31.9. The molecule has 1 saturated carbocycles. The summed E-state index contributed by atoms with van der Waals surface area (Å²) in [6, 6.07) is 2.97. The smallest absolute Gasteiger partial charge is 0.287 e. The van der Waals surface area contributed by atoms with E-state index in [4.69, 9.17) is 4.74 Å². The molecule has 5 heteroatoms. The molecule has 3 unspecified atom stereocenters. The molecule has 21 heavy (non-hydrogen) atoms. The van der Waals surface area contributed by atoms with Gasteiger partial charge in [0.1, 0.15) is 12.0 Å². The van der Waals surface area contributed by atoms with Gasteiger partial charge in [-0.3, -0.25) is 10.1 Å². The van der Waals surface area contributed by atoms with Crippen molar-refractivity contribution in [1.82, 2.24) is 4.98 Å². The fourth-order valence-corrected chi connectivity index (χ4v) is 3.72. The molecule has 0 aliphatic heterocycles. The number of ether oxygens (including phenoxy) is 1. The number of fused-ring (bicyclic) bond motifs is 1. The summed E-state index contributed by atoms with van der Waals surface area (Å²) in [6.07, 6.45) is 14.3. The molecule has 3 atom stereocenters. The maximum absolute atomic E-state index is 10.6. The third-order valence-electron chi connectivity index (χ3n) is 4.66. The summed E-state index contributed by atoms with van der Waals surface area (Å²) in [5, 5.41) is 10.6. The second-order valence-corrected chi connectivity index (χ2v) is 5.84. The van der Waals surface area contributed by atoms with Crippen molar-refractivity contribution < 1.29 is 9.66 Å². The fraction of sp³-hybridized carbons (Fsp3) is 0.312. The lowest BCUT2D eigenvalue weighted by molar-refractivity contribution is -0.385. The lowest BCUT2D eigenvalue weighted by atomic mass is 9.74. The summed E-state index contributed by atoms with van der Waals surface area (Å²) in [4.78, 5) is 14.2. The summed E-state index contributed by atoms with van der Waals surface area (Å²) < 4.78 is 5.95. The van der Waals surface area contributed by atoms with Gasteiger partial charge in [0.25, 0.3) is 5.69 Å². The van der Waals surface area contributed by atoms with Gasteiger partial charge in [-0.25, -0.2) is 4.98 Å². The molecule has 1 heterocycles. The Hall–Kier alpha value is -2.43. The molecule has 5 nitrogen and oxygen atoms in total. The van der Waals surface area contributed by atoms with Crippen LogP contribution in [0.4, 0.5) is 5.69 Å². The Kier molecular flexibility index (Phi) is 2.51. The predicted octanol–water partition coefficient (Wildman–Crippen LogP) is 3.40. The van der Waals surface area contributed by atoms with E-state index in [1.54, 1.807) is 6.07 Å². The standard InChI is InChI=1S/C16H14N2O3/c19-18(20)13-4-5-15(17-10-13)21-14-8-11-7-12-3-1-2-6-16(12,14)9-11/h1-6,8,10-12H,7,9H2. The number of pyridine rings is 1. The minimum Gasteiger partial charge on any atom is -0.443 e. The van der Waals surface area contributed by atoms with Crippen LogP contribution in [-0.2, 0) is 0 Å². The van der Waals surface area contributed by atoms with Gasteiger partial charge in [0.05, 0.1) is 10.3 Å². The molecular weight excluding hydrogens is 268 g/mol.